The van der Waals surface area contributed by atoms with Gasteiger partial charge in [-0.3, -0.25) is 19.2 Å². The van der Waals surface area contributed by atoms with Gasteiger partial charge in [0, 0.05) is 33.0 Å². The normalized spacial score (nSPS) is 11.6. The Morgan fingerprint density at radius 2 is 0.594 bits per heavy atom. The van der Waals surface area contributed by atoms with E-state index in [4.69, 9.17) is 0 Å². The zero-order valence-electron chi connectivity index (χ0n) is 18.3. The maximum absolute atomic E-state index is 12.5. The minimum atomic E-state index is -0.106. The van der Waals surface area contributed by atoms with Crippen LogP contribution in [0.15, 0.2) is 48.5 Å². The van der Waals surface area contributed by atoms with Crippen LogP contribution in [0.2, 0.25) is 0 Å². The number of hydrogen-bond acceptors (Lipinski definition) is 4. The lowest BCUT2D eigenvalue weighted by Gasteiger charge is -2.19. The molecule has 0 saturated heterocycles. The van der Waals surface area contributed by atoms with Crippen LogP contribution in [0.4, 0.5) is 0 Å². The van der Waals surface area contributed by atoms with Crippen molar-refractivity contribution in [2.45, 2.75) is 27.7 Å². The molecule has 5 aromatic rings. The lowest BCUT2D eigenvalue weighted by molar-refractivity contribution is 0.100. The highest BCUT2D eigenvalue weighted by atomic mass is 16.1. The Labute approximate surface area is 184 Å². The predicted octanol–water partition coefficient (Wildman–Crippen LogP) is 6.55. The Balaban J connectivity index is 2.17. The monoisotopic (exact) mass is 420 g/mol. The van der Waals surface area contributed by atoms with E-state index in [0.717, 1.165) is 32.3 Å². The van der Waals surface area contributed by atoms with Gasteiger partial charge in [-0.25, -0.2) is 0 Å². The fourth-order valence-corrected chi connectivity index (χ4v) is 5.06. The second-order valence-corrected chi connectivity index (χ2v) is 8.37. The molecule has 5 rings (SSSR count). The van der Waals surface area contributed by atoms with Crippen molar-refractivity contribution in [2.24, 2.45) is 0 Å². The molecule has 0 aliphatic rings. The highest BCUT2D eigenvalue weighted by Crippen LogP contribution is 2.44. The van der Waals surface area contributed by atoms with E-state index in [1.54, 1.807) is 24.3 Å². The Bertz CT molecular complexity index is 1430. The predicted molar refractivity (Wildman–Crippen MR) is 128 cm³/mol. The molecule has 0 unspecified atom stereocenters. The molecular formula is C28H20O4. The van der Waals surface area contributed by atoms with Crippen molar-refractivity contribution in [3.8, 4) is 0 Å². The standard InChI is InChI=1S/C28H20O4/c1-13(29)17-5-9-21-23-11-7-19(15(3)31)26-20(16(4)32)8-12-24(28(23)26)22-10-6-18(14(2)30)25(17)27(21)22/h5-12H,1-4H3. The average molecular weight is 420 g/mol. The first-order chi connectivity index (χ1) is 15.2. The molecule has 0 aliphatic heterocycles. The van der Waals surface area contributed by atoms with Crippen LogP contribution in [0.3, 0.4) is 0 Å². The number of Topliss-reactive ketones (excluding diaryl/α,β-unsaturated/α-hetero) is 4. The maximum atomic E-state index is 12.5. The van der Waals surface area contributed by atoms with Crippen LogP contribution in [0, 0.1) is 0 Å². The van der Waals surface area contributed by atoms with Gasteiger partial charge in [0.2, 0.25) is 0 Å². The molecule has 0 saturated carbocycles. The van der Waals surface area contributed by atoms with Gasteiger partial charge in [-0.15, -0.1) is 0 Å². The van der Waals surface area contributed by atoms with Gasteiger partial charge in [0.1, 0.15) is 0 Å². The topological polar surface area (TPSA) is 68.3 Å². The van der Waals surface area contributed by atoms with Crippen molar-refractivity contribution >= 4 is 66.2 Å². The quantitative estimate of drug-likeness (QED) is 0.188. The van der Waals surface area contributed by atoms with Gasteiger partial charge in [-0.1, -0.05) is 48.5 Å². The summed E-state index contributed by atoms with van der Waals surface area (Å²) < 4.78 is 0. The van der Waals surface area contributed by atoms with Gasteiger partial charge in [0.05, 0.1) is 0 Å². The van der Waals surface area contributed by atoms with Crippen LogP contribution in [-0.4, -0.2) is 23.1 Å². The largest absolute Gasteiger partial charge is 0.294 e. The Morgan fingerprint density at radius 1 is 0.375 bits per heavy atom. The van der Waals surface area contributed by atoms with Gasteiger partial charge in [-0.05, 0) is 60.0 Å². The molecule has 4 heteroatoms. The molecule has 0 bridgehead atoms. The molecule has 0 atom stereocenters. The van der Waals surface area contributed by atoms with Crippen LogP contribution in [-0.2, 0) is 0 Å². The lowest BCUT2D eigenvalue weighted by Crippen LogP contribution is -2.04. The number of benzene rings is 5. The first kappa shape index (κ1) is 20.0. The molecule has 4 nitrogen and oxygen atoms in total. The Kier molecular flexibility index (Phi) is 4.25. The van der Waals surface area contributed by atoms with Crippen molar-refractivity contribution < 1.29 is 19.2 Å². The third-order valence-corrected chi connectivity index (χ3v) is 6.42. The van der Waals surface area contributed by atoms with E-state index in [-0.39, 0.29) is 23.1 Å². The van der Waals surface area contributed by atoms with Crippen molar-refractivity contribution in [3.63, 3.8) is 0 Å². The first-order valence-electron chi connectivity index (χ1n) is 10.5. The van der Waals surface area contributed by atoms with E-state index >= 15 is 0 Å². The number of fused-ring (bicyclic) bond motifs is 2. The molecule has 0 aromatic heterocycles. The summed E-state index contributed by atoms with van der Waals surface area (Å²) in [5.41, 5.74) is 2.04. The summed E-state index contributed by atoms with van der Waals surface area (Å²) in [5.74, 6) is -0.422. The second kappa shape index (κ2) is 6.79. The number of rotatable bonds is 4. The molecule has 0 heterocycles. The molecule has 0 aliphatic carbocycles. The smallest absolute Gasteiger partial charge is 0.160 e. The van der Waals surface area contributed by atoms with Gasteiger partial charge in [0.15, 0.2) is 23.1 Å². The fraction of sp³-hybridized carbons (Fsp3) is 0.143. The molecule has 0 fully saturated rings. The van der Waals surface area contributed by atoms with E-state index in [2.05, 4.69) is 0 Å². The second-order valence-electron chi connectivity index (χ2n) is 8.37. The molecule has 0 amide bonds. The lowest BCUT2D eigenvalue weighted by atomic mass is 9.83. The average Bonchev–Trinajstić information content (AvgIpc) is 2.75. The van der Waals surface area contributed by atoms with Gasteiger partial charge in [-0.2, -0.15) is 0 Å². The Hall–Kier alpha value is -3.92. The summed E-state index contributed by atoms with van der Waals surface area (Å²) in [6, 6.07) is 14.7. The maximum Gasteiger partial charge on any atom is 0.160 e. The van der Waals surface area contributed by atoms with Crippen LogP contribution in [0.1, 0.15) is 69.1 Å². The van der Waals surface area contributed by atoms with E-state index in [9.17, 15) is 19.2 Å². The van der Waals surface area contributed by atoms with Crippen LogP contribution >= 0.6 is 0 Å². The number of carbonyl (C=O) groups excluding carboxylic acids is 4. The SMILES string of the molecule is CC(=O)c1ccc2c3ccc(C(C)=O)c4c(C(C)=O)ccc(c5ccc(C(C)=O)c1c25)c43. The molecular weight excluding hydrogens is 400 g/mol. The molecule has 5 aromatic carbocycles. The summed E-state index contributed by atoms with van der Waals surface area (Å²) in [6.07, 6.45) is 0. The number of hydrogen-bond donors (Lipinski definition) is 0. The van der Waals surface area contributed by atoms with Crippen LogP contribution in [0.25, 0.3) is 43.1 Å². The third-order valence-electron chi connectivity index (χ3n) is 6.42. The van der Waals surface area contributed by atoms with Crippen molar-refractivity contribution in [3.05, 3.63) is 70.8 Å². The summed E-state index contributed by atoms with van der Waals surface area (Å²) in [5, 5.41) is 6.56. The summed E-state index contributed by atoms with van der Waals surface area (Å²) in [6.45, 7) is 6.01. The number of ketones is 4. The minimum Gasteiger partial charge on any atom is -0.294 e. The summed E-state index contributed by atoms with van der Waals surface area (Å²) >= 11 is 0. The molecule has 0 spiro atoms. The van der Waals surface area contributed by atoms with Crippen molar-refractivity contribution in [1.29, 1.82) is 0 Å². The summed E-state index contributed by atoms with van der Waals surface area (Å²) in [7, 11) is 0. The van der Waals surface area contributed by atoms with Crippen LogP contribution in [0.5, 0.6) is 0 Å². The van der Waals surface area contributed by atoms with Crippen molar-refractivity contribution in [1.82, 2.24) is 0 Å². The van der Waals surface area contributed by atoms with E-state index in [0.29, 0.717) is 33.0 Å². The van der Waals surface area contributed by atoms with E-state index in [1.807, 2.05) is 24.3 Å². The minimum absolute atomic E-state index is 0.106. The zero-order chi connectivity index (χ0) is 22.9. The first-order valence-corrected chi connectivity index (χ1v) is 10.5. The number of carbonyl (C=O) groups is 4. The van der Waals surface area contributed by atoms with Gasteiger partial charge in [0.25, 0.3) is 0 Å². The van der Waals surface area contributed by atoms with E-state index < -0.39 is 0 Å². The fourth-order valence-electron chi connectivity index (χ4n) is 5.06. The highest BCUT2D eigenvalue weighted by Gasteiger charge is 2.23. The Morgan fingerprint density at radius 3 is 0.781 bits per heavy atom. The molecule has 156 valence electrons. The highest BCUT2D eigenvalue weighted by molar-refractivity contribution is 6.38. The van der Waals surface area contributed by atoms with Crippen LogP contribution < -0.4 is 0 Å². The molecule has 32 heavy (non-hydrogen) atoms. The summed E-state index contributed by atoms with van der Waals surface area (Å²) in [4.78, 5) is 49.8. The third kappa shape index (κ3) is 2.56. The van der Waals surface area contributed by atoms with Gasteiger partial charge >= 0.3 is 0 Å². The van der Waals surface area contributed by atoms with E-state index in [1.165, 1.54) is 27.7 Å². The molecule has 0 radical (unpaired) electrons. The van der Waals surface area contributed by atoms with Crippen molar-refractivity contribution in [2.75, 3.05) is 0 Å². The van der Waals surface area contributed by atoms with Gasteiger partial charge < -0.3 is 0 Å². The molecule has 0 N–H and O–H groups in total. The zero-order valence-corrected chi connectivity index (χ0v) is 18.3.